The lowest BCUT2D eigenvalue weighted by molar-refractivity contribution is -0.107. The van der Waals surface area contributed by atoms with Crippen LogP contribution in [0.5, 0.6) is 5.75 Å². The quantitative estimate of drug-likeness (QED) is 0.697. The monoisotopic (exact) mass is 310 g/mol. The number of carbonyl (C=O) groups is 1. The SMILES string of the molecule is COc1cc(CCC=O)cc2oc(Nc3ccccc3C)nc12. The van der Waals surface area contributed by atoms with E-state index in [2.05, 4.69) is 10.3 Å². The normalized spacial score (nSPS) is 10.7. The third-order valence-electron chi connectivity index (χ3n) is 3.68. The fourth-order valence-corrected chi connectivity index (χ4v) is 2.46. The number of methoxy groups -OCH3 is 1. The number of hydrogen-bond donors (Lipinski definition) is 1. The smallest absolute Gasteiger partial charge is 0.300 e. The second-order valence-corrected chi connectivity index (χ2v) is 5.31. The zero-order valence-corrected chi connectivity index (χ0v) is 13.1. The molecule has 23 heavy (non-hydrogen) atoms. The van der Waals surface area contributed by atoms with Gasteiger partial charge in [-0.05, 0) is 42.7 Å². The van der Waals surface area contributed by atoms with Crippen molar-refractivity contribution in [1.29, 1.82) is 0 Å². The van der Waals surface area contributed by atoms with Crippen LogP contribution in [0.2, 0.25) is 0 Å². The number of anilines is 2. The molecule has 0 fully saturated rings. The van der Waals surface area contributed by atoms with Gasteiger partial charge in [-0.15, -0.1) is 0 Å². The molecule has 0 amide bonds. The van der Waals surface area contributed by atoms with Gasteiger partial charge in [0.2, 0.25) is 0 Å². The van der Waals surface area contributed by atoms with E-state index in [4.69, 9.17) is 9.15 Å². The second-order valence-electron chi connectivity index (χ2n) is 5.31. The number of para-hydroxylation sites is 1. The first-order valence-corrected chi connectivity index (χ1v) is 7.45. The predicted octanol–water partition coefficient (Wildman–Crippen LogP) is 4.02. The first-order chi connectivity index (χ1) is 11.2. The van der Waals surface area contributed by atoms with Gasteiger partial charge in [0.05, 0.1) is 7.11 Å². The molecule has 0 saturated carbocycles. The van der Waals surface area contributed by atoms with Gasteiger partial charge in [0.15, 0.2) is 11.1 Å². The summed E-state index contributed by atoms with van der Waals surface area (Å²) in [5.74, 6) is 0.644. The Morgan fingerprint density at radius 3 is 2.87 bits per heavy atom. The van der Waals surface area contributed by atoms with E-state index in [0.29, 0.717) is 35.7 Å². The molecule has 0 radical (unpaired) electrons. The molecular formula is C18H18N2O3. The number of carbonyl (C=O) groups excluding carboxylic acids is 1. The van der Waals surface area contributed by atoms with E-state index < -0.39 is 0 Å². The summed E-state index contributed by atoms with van der Waals surface area (Å²) in [5.41, 5.74) is 4.34. The lowest BCUT2D eigenvalue weighted by Gasteiger charge is -2.04. The molecule has 5 heteroatoms. The summed E-state index contributed by atoms with van der Waals surface area (Å²) in [6.07, 6.45) is 2.02. The lowest BCUT2D eigenvalue weighted by atomic mass is 10.1. The number of hydrogen-bond acceptors (Lipinski definition) is 5. The highest BCUT2D eigenvalue weighted by molar-refractivity contribution is 5.83. The van der Waals surface area contributed by atoms with E-state index in [1.165, 1.54) is 0 Å². The summed E-state index contributed by atoms with van der Waals surface area (Å²) >= 11 is 0. The molecular weight excluding hydrogens is 292 g/mol. The number of nitrogens with one attached hydrogen (secondary N) is 1. The van der Waals surface area contributed by atoms with Crippen LogP contribution in [-0.2, 0) is 11.2 Å². The Hall–Kier alpha value is -2.82. The van der Waals surface area contributed by atoms with Gasteiger partial charge < -0.3 is 19.3 Å². The molecule has 0 aliphatic heterocycles. The van der Waals surface area contributed by atoms with Gasteiger partial charge in [0, 0.05) is 12.1 Å². The molecule has 0 aliphatic carbocycles. The number of oxazole rings is 1. The van der Waals surface area contributed by atoms with Crippen LogP contribution < -0.4 is 10.1 Å². The molecule has 5 nitrogen and oxygen atoms in total. The van der Waals surface area contributed by atoms with Crippen molar-refractivity contribution in [2.75, 3.05) is 12.4 Å². The van der Waals surface area contributed by atoms with Gasteiger partial charge in [0.25, 0.3) is 6.01 Å². The van der Waals surface area contributed by atoms with Crippen LogP contribution in [0.3, 0.4) is 0 Å². The van der Waals surface area contributed by atoms with Gasteiger partial charge in [-0.1, -0.05) is 18.2 Å². The Balaban J connectivity index is 1.97. The fraction of sp³-hybridized carbons (Fsp3) is 0.222. The molecule has 0 spiro atoms. The Bertz CT molecular complexity index is 839. The standard InChI is InChI=1S/C18H18N2O3/c1-12-6-3-4-8-14(12)19-18-20-17-15(22-2)10-13(7-5-9-21)11-16(17)23-18/h3-4,6,8-11H,5,7H2,1-2H3,(H,19,20). The zero-order valence-electron chi connectivity index (χ0n) is 13.1. The minimum Gasteiger partial charge on any atom is -0.494 e. The molecule has 118 valence electrons. The minimum atomic E-state index is 0.417. The largest absolute Gasteiger partial charge is 0.494 e. The number of benzene rings is 2. The topological polar surface area (TPSA) is 64.4 Å². The Kier molecular flexibility index (Phi) is 4.28. The Morgan fingerprint density at radius 1 is 1.30 bits per heavy atom. The highest BCUT2D eigenvalue weighted by atomic mass is 16.5. The Morgan fingerprint density at radius 2 is 2.13 bits per heavy atom. The first kappa shape index (κ1) is 15.1. The zero-order chi connectivity index (χ0) is 16.2. The highest BCUT2D eigenvalue weighted by Crippen LogP contribution is 2.31. The van der Waals surface area contributed by atoms with Crippen molar-refractivity contribution in [2.24, 2.45) is 0 Å². The van der Waals surface area contributed by atoms with Crippen LogP contribution in [0.1, 0.15) is 17.5 Å². The maximum atomic E-state index is 10.6. The fourth-order valence-electron chi connectivity index (χ4n) is 2.46. The number of rotatable bonds is 6. The maximum absolute atomic E-state index is 10.6. The van der Waals surface area contributed by atoms with Crippen molar-refractivity contribution in [3.8, 4) is 5.75 Å². The third kappa shape index (κ3) is 3.18. The number of ether oxygens (including phenoxy) is 1. The van der Waals surface area contributed by atoms with Gasteiger partial charge >= 0.3 is 0 Å². The number of aryl methyl sites for hydroxylation is 2. The summed E-state index contributed by atoms with van der Waals surface area (Å²) in [6, 6.07) is 12.1. The molecule has 1 aromatic heterocycles. The molecule has 0 saturated heterocycles. The van der Waals surface area contributed by atoms with Crippen molar-refractivity contribution in [3.63, 3.8) is 0 Å². The van der Waals surface area contributed by atoms with Gasteiger partial charge in [-0.25, -0.2) is 0 Å². The maximum Gasteiger partial charge on any atom is 0.300 e. The van der Waals surface area contributed by atoms with Crippen molar-refractivity contribution in [3.05, 3.63) is 47.5 Å². The molecule has 3 aromatic rings. The van der Waals surface area contributed by atoms with Gasteiger partial charge in [-0.2, -0.15) is 4.98 Å². The van der Waals surface area contributed by atoms with Crippen LogP contribution in [-0.4, -0.2) is 18.4 Å². The molecule has 0 atom stereocenters. The summed E-state index contributed by atoms with van der Waals surface area (Å²) in [5, 5.41) is 3.19. The van der Waals surface area contributed by atoms with E-state index >= 15 is 0 Å². The minimum absolute atomic E-state index is 0.417. The van der Waals surface area contributed by atoms with E-state index in [0.717, 1.165) is 23.1 Å². The number of aromatic nitrogens is 1. The summed E-state index contributed by atoms with van der Waals surface area (Å²) in [6.45, 7) is 2.02. The highest BCUT2D eigenvalue weighted by Gasteiger charge is 2.13. The first-order valence-electron chi connectivity index (χ1n) is 7.45. The van der Waals surface area contributed by atoms with Crippen LogP contribution in [0.15, 0.2) is 40.8 Å². The third-order valence-corrected chi connectivity index (χ3v) is 3.68. The van der Waals surface area contributed by atoms with E-state index in [9.17, 15) is 4.79 Å². The average molecular weight is 310 g/mol. The van der Waals surface area contributed by atoms with Crippen molar-refractivity contribution in [1.82, 2.24) is 4.98 Å². The van der Waals surface area contributed by atoms with Crippen LogP contribution in [0.4, 0.5) is 11.7 Å². The molecule has 1 heterocycles. The molecule has 1 N–H and O–H groups in total. The van der Waals surface area contributed by atoms with E-state index in [1.54, 1.807) is 7.11 Å². The van der Waals surface area contributed by atoms with Gasteiger partial charge in [-0.3, -0.25) is 0 Å². The Labute approximate surface area is 134 Å². The lowest BCUT2D eigenvalue weighted by Crippen LogP contribution is -1.92. The van der Waals surface area contributed by atoms with Crippen LogP contribution in [0, 0.1) is 6.92 Å². The van der Waals surface area contributed by atoms with Crippen molar-refractivity contribution < 1.29 is 13.9 Å². The molecule has 3 rings (SSSR count). The van der Waals surface area contributed by atoms with E-state index in [-0.39, 0.29) is 0 Å². The van der Waals surface area contributed by atoms with Gasteiger partial charge in [0.1, 0.15) is 12.0 Å². The van der Waals surface area contributed by atoms with Crippen LogP contribution in [0.25, 0.3) is 11.1 Å². The number of aldehydes is 1. The number of nitrogens with zero attached hydrogens (tertiary/aromatic N) is 1. The van der Waals surface area contributed by atoms with Crippen molar-refractivity contribution >= 4 is 29.1 Å². The summed E-state index contributed by atoms with van der Waals surface area (Å²) < 4.78 is 11.2. The predicted molar refractivity (Wildman–Crippen MR) is 89.4 cm³/mol. The molecule has 2 aromatic carbocycles. The molecule has 0 aliphatic rings. The second kappa shape index (κ2) is 6.52. The number of fused-ring (bicyclic) bond motifs is 1. The average Bonchev–Trinajstić information content (AvgIpc) is 2.96. The van der Waals surface area contributed by atoms with E-state index in [1.807, 2.05) is 43.3 Å². The summed E-state index contributed by atoms with van der Waals surface area (Å²) in [7, 11) is 1.60. The molecule has 0 bridgehead atoms. The van der Waals surface area contributed by atoms with Crippen molar-refractivity contribution in [2.45, 2.75) is 19.8 Å². The molecule has 0 unspecified atom stereocenters. The van der Waals surface area contributed by atoms with Crippen LogP contribution >= 0.6 is 0 Å². The summed E-state index contributed by atoms with van der Waals surface area (Å²) in [4.78, 5) is 15.0.